The summed E-state index contributed by atoms with van der Waals surface area (Å²) in [5.74, 6) is -0.833. The Balaban J connectivity index is 2.21. The molecular weight excluding hydrogens is 287 g/mol. The van der Waals surface area contributed by atoms with Gasteiger partial charge in [-0.3, -0.25) is 9.69 Å². The molecule has 1 aromatic rings. The normalized spacial score (nSPS) is 20.5. The third-order valence-electron chi connectivity index (χ3n) is 3.94. The summed E-state index contributed by atoms with van der Waals surface area (Å²) < 4.78 is 14.5. The Hall–Kier alpha value is -1.69. The number of hydrogen-bond acceptors (Lipinski definition) is 3. The fourth-order valence-electron chi connectivity index (χ4n) is 2.85. The minimum absolute atomic E-state index is 0.169. The smallest absolute Gasteiger partial charge is 0.326 e. The van der Waals surface area contributed by atoms with Crippen LogP contribution in [-0.4, -0.2) is 39.8 Å². The largest absolute Gasteiger partial charge is 0.480 e. The molecule has 2 heterocycles. The van der Waals surface area contributed by atoms with Crippen LogP contribution >= 0.6 is 0 Å². The van der Waals surface area contributed by atoms with Gasteiger partial charge < -0.3 is 9.67 Å². The van der Waals surface area contributed by atoms with Gasteiger partial charge in [0.05, 0.1) is 0 Å². The van der Waals surface area contributed by atoms with Crippen LogP contribution in [0.2, 0.25) is 0 Å². The van der Waals surface area contributed by atoms with Crippen LogP contribution in [-0.2, 0) is 11.3 Å². The van der Waals surface area contributed by atoms with Crippen molar-refractivity contribution in [2.75, 3.05) is 13.1 Å². The lowest BCUT2D eigenvalue weighted by Gasteiger charge is -2.20. The zero-order valence-electron chi connectivity index (χ0n) is 13.0. The minimum atomic E-state index is -1.00. The standard InChI is InChI=1S/C16H23FN2O3/c1-11(2)7-14(16(21)22)19-9-12(3-4-15(19)20)8-18-6-5-13(17)10-18/h3-4,9,11,13-14H,5-8,10H2,1-2H3,(H,21,22). The SMILES string of the molecule is CC(C)CC(C(=O)O)n1cc(CN2CCC(F)C2)ccc1=O. The average Bonchev–Trinajstić information content (AvgIpc) is 2.83. The summed E-state index contributed by atoms with van der Waals surface area (Å²) in [4.78, 5) is 25.5. The van der Waals surface area contributed by atoms with E-state index in [4.69, 9.17) is 0 Å². The fraction of sp³-hybridized carbons (Fsp3) is 0.625. The number of carboxylic acids is 1. The molecule has 22 heavy (non-hydrogen) atoms. The number of rotatable bonds is 6. The van der Waals surface area contributed by atoms with Crippen molar-refractivity contribution in [2.24, 2.45) is 5.92 Å². The van der Waals surface area contributed by atoms with Gasteiger partial charge in [-0.05, 0) is 24.3 Å². The highest BCUT2D eigenvalue weighted by atomic mass is 19.1. The van der Waals surface area contributed by atoms with Gasteiger partial charge in [-0.15, -0.1) is 0 Å². The van der Waals surface area contributed by atoms with E-state index in [1.54, 1.807) is 12.3 Å². The van der Waals surface area contributed by atoms with E-state index < -0.39 is 18.2 Å². The van der Waals surface area contributed by atoms with Gasteiger partial charge in [-0.1, -0.05) is 19.9 Å². The Bertz CT molecular complexity index is 585. The van der Waals surface area contributed by atoms with Crippen LogP contribution in [0.4, 0.5) is 4.39 Å². The molecule has 1 aliphatic rings. The lowest BCUT2D eigenvalue weighted by Crippen LogP contribution is -2.31. The zero-order chi connectivity index (χ0) is 16.3. The Labute approximate surface area is 129 Å². The van der Waals surface area contributed by atoms with Gasteiger partial charge >= 0.3 is 5.97 Å². The van der Waals surface area contributed by atoms with Crippen molar-refractivity contribution in [3.8, 4) is 0 Å². The molecule has 5 nitrogen and oxygen atoms in total. The number of aliphatic carboxylic acids is 1. The van der Waals surface area contributed by atoms with E-state index in [0.29, 0.717) is 32.5 Å². The number of hydrogen-bond donors (Lipinski definition) is 1. The van der Waals surface area contributed by atoms with Crippen molar-refractivity contribution in [1.29, 1.82) is 0 Å². The molecule has 0 spiro atoms. The summed E-state index contributed by atoms with van der Waals surface area (Å²) in [6, 6.07) is 2.23. The third kappa shape index (κ3) is 4.16. The highest BCUT2D eigenvalue weighted by Gasteiger charge is 2.24. The highest BCUT2D eigenvalue weighted by molar-refractivity contribution is 5.71. The van der Waals surface area contributed by atoms with Crippen LogP contribution in [0.25, 0.3) is 0 Å². The predicted molar refractivity (Wildman–Crippen MR) is 81.6 cm³/mol. The summed E-state index contributed by atoms with van der Waals surface area (Å²) in [5, 5.41) is 9.39. The van der Waals surface area contributed by atoms with Crippen molar-refractivity contribution in [1.82, 2.24) is 9.47 Å². The molecule has 1 saturated heterocycles. The second kappa shape index (κ2) is 7.05. The molecule has 1 N–H and O–H groups in total. The first kappa shape index (κ1) is 16.7. The molecule has 0 aliphatic carbocycles. The maximum Gasteiger partial charge on any atom is 0.326 e. The van der Waals surface area contributed by atoms with Crippen molar-refractivity contribution < 1.29 is 14.3 Å². The zero-order valence-corrected chi connectivity index (χ0v) is 13.0. The Morgan fingerprint density at radius 3 is 2.73 bits per heavy atom. The predicted octanol–water partition coefficient (Wildman–Crippen LogP) is 2.06. The van der Waals surface area contributed by atoms with Gasteiger partial charge in [0.25, 0.3) is 5.56 Å². The summed E-state index contributed by atoms with van der Waals surface area (Å²) in [6.07, 6.45) is 1.74. The molecular formula is C16H23FN2O3. The molecule has 0 bridgehead atoms. The van der Waals surface area contributed by atoms with Crippen LogP contribution in [0, 0.1) is 5.92 Å². The molecule has 0 saturated carbocycles. The van der Waals surface area contributed by atoms with E-state index in [-0.39, 0.29) is 11.5 Å². The Morgan fingerprint density at radius 1 is 1.45 bits per heavy atom. The van der Waals surface area contributed by atoms with E-state index in [0.717, 1.165) is 5.56 Å². The van der Waals surface area contributed by atoms with Crippen LogP contribution in [0.3, 0.4) is 0 Å². The third-order valence-corrected chi connectivity index (χ3v) is 3.94. The number of aromatic nitrogens is 1. The van der Waals surface area contributed by atoms with Crippen molar-refractivity contribution in [3.05, 3.63) is 34.2 Å². The maximum atomic E-state index is 13.2. The van der Waals surface area contributed by atoms with E-state index in [9.17, 15) is 19.1 Å². The summed E-state index contributed by atoms with van der Waals surface area (Å²) in [7, 11) is 0. The molecule has 1 aromatic heterocycles. The van der Waals surface area contributed by atoms with Crippen LogP contribution in [0.1, 0.15) is 38.3 Å². The van der Waals surface area contributed by atoms with Gasteiger partial charge in [0.1, 0.15) is 12.2 Å². The van der Waals surface area contributed by atoms with Crippen LogP contribution < -0.4 is 5.56 Å². The Kier molecular flexibility index (Phi) is 5.34. The molecule has 2 unspecified atom stereocenters. The first-order chi connectivity index (χ1) is 10.4. The van der Waals surface area contributed by atoms with E-state index >= 15 is 0 Å². The number of pyridine rings is 1. The second-order valence-corrected chi connectivity index (χ2v) is 6.39. The fourth-order valence-corrected chi connectivity index (χ4v) is 2.85. The summed E-state index contributed by atoms with van der Waals surface area (Å²) in [5.41, 5.74) is 0.519. The first-order valence-corrected chi connectivity index (χ1v) is 7.67. The molecule has 1 aliphatic heterocycles. The van der Waals surface area contributed by atoms with Gasteiger partial charge in [0.2, 0.25) is 0 Å². The molecule has 1 fully saturated rings. The lowest BCUT2D eigenvalue weighted by atomic mass is 10.0. The quantitative estimate of drug-likeness (QED) is 0.873. The van der Waals surface area contributed by atoms with E-state index in [2.05, 4.69) is 0 Å². The van der Waals surface area contributed by atoms with E-state index in [1.807, 2.05) is 18.7 Å². The molecule has 0 aromatic carbocycles. The average molecular weight is 310 g/mol. The van der Waals surface area contributed by atoms with Crippen molar-refractivity contribution >= 4 is 5.97 Å². The number of halogens is 1. The number of alkyl halides is 1. The van der Waals surface area contributed by atoms with Crippen LogP contribution in [0.15, 0.2) is 23.1 Å². The first-order valence-electron chi connectivity index (χ1n) is 7.67. The number of carboxylic acid groups (broad SMARTS) is 1. The van der Waals surface area contributed by atoms with Crippen molar-refractivity contribution in [2.45, 2.75) is 45.4 Å². The lowest BCUT2D eigenvalue weighted by molar-refractivity contribution is -0.141. The highest BCUT2D eigenvalue weighted by Crippen LogP contribution is 2.19. The Morgan fingerprint density at radius 2 is 2.18 bits per heavy atom. The number of likely N-dealkylation sites (tertiary alicyclic amines) is 1. The molecule has 0 amide bonds. The van der Waals surface area contributed by atoms with Gasteiger partial charge in [-0.25, -0.2) is 9.18 Å². The summed E-state index contributed by atoms with van der Waals surface area (Å²) >= 11 is 0. The number of carbonyl (C=O) groups is 1. The summed E-state index contributed by atoms with van der Waals surface area (Å²) in [6.45, 7) is 5.48. The molecule has 0 radical (unpaired) electrons. The van der Waals surface area contributed by atoms with Gasteiger partial charge in [-0.2, -0.15) is 0 Å². The van der Waals surface area contributed by atoms with Gasteiger partial charge in [0.15, 0.2) is 0 Å². The molecule has 2 rings (SSSR count). The molecule has 122 valence electrons. The monoisotopic (exact) mass is 310 g/mol. The van der Waals surface area contributed by atoms with Gasteiger partial charge in [0, 0.05) is 31.9 Å². The second-order valence-electron chi connectivity index (χ2n) is 6.39. The van der Waals surface area contributed by atoms with E-state index in [1.165, 1.54) is 10.6 Å². The van der Waals surface area contributed by atoms with Crippen molar-refractivity contribution in [3.63, 3.8) is 0 Å². The maximum absolute atomic E-state index is 13.2. The minimum Gasteiger partial charge on any atom is -0.480 e. The molecule has 6 heteroatoms. The topological polar surface area (TPSA) is 62.5 Å². The number of nitrogens with zero attached hydrogens (tertiary/aromatic N) is 2. The molecule has 2 atom stereocenters. The van der Waals surface area contributed by atoms with Crippen LogP contribution in [0.5, 0.6) is 0 Å².